The van der Waals surface area contributed by atoms with Crippen LogP contribution in [0.2, 0.25) is 0 Å². The van der Waals surface area contributed by atoms with Gasteiger partial charge in [-0.05, 0) is 13.3 Å². The van der Waals surface area contributed by atoms with Crippen LogP contribution < -0.4 is 0 Å². The Bertz CT molecular complexity index is 317. The SMILES string of the molecule is C=CC(CC(C)(F)C(F)(F)F)C(C(F)(F)F)C(F)(F)F. The van der Waals surface area contributed by atoms with Gasteiger partial charge in [-0.25, -0.2) is 4.39 Å². The van der Waals surface area contributed by atoms with E-state index in [4.69, 9.17) is 0 Å². The monoisotopic (exact) mass is 320 g/mol. The van der Waals surface area contributed by atoms with E-state index in [1.165, 1.54) is 0 Å². The maximum absolute atomic E-state index is 13.3. The fourth-order valence-electron chi connectivity index (χ4n) is 1.57. The van der Waals surface area contributed by atoms with E-state index < -0.39 is 42.5 Å². The first-order valence-electron chi connectivity index (χ1n) is 5.05. The molecule has 0 N–H and O–H groups in total. The third-order valence-corrected chi connectivity index (χ3v) is 2.65. The molecule has 0 aromatic carbocycles. The summed E-state index contributed by atoms with van der Waals surface area (Å²) in [6.45, 7) is 2.52. The predicted molar refractivity (Wildman–Crippen MR) is 49.5 cm³/mol. The van der Waals surface area contributed by atoms with Crippen LogP contribution in [0.4, 0.5) is 43.9 Å². The minimum Gasteiger partial charge on any atom is -0.234 e. The topological polar surface area (TPSA) is 0 Å². The molecule has 0 saturated heterocycles. The Kier molecular flexibility index (Phi) is 5.18. The number of hydrogen-bond donors (Lipinski definition) is 0. The summed E-state index contributed by atoms with van der Waals surface area (Å²) >= 11 is 0. The molecular formula is C10H10F10. The van der Waals surface area contributed by atoms with E-state index >= 15 is 0 Å². The van der Waals surface area contributed by atoms with E-state index in [9.17, 15) is 43.9 Å². The normalized spacial score (nSPS) is 18.8. The lowest BCUT2D eigenvalue weighted by Gasteiger charge is -2.33. The zero-order chi connectivity index (χ0) is 16.6. The number of hydrogen-bond acceptors (Lipinski definition) is 0. The molecule has 0 saturated carbocycles. The Morgan fingerprint density at radius 2 is 1.20 bits per heavy atom. The number of alkyl halides is 10. The highest BCUT2D eigenvalue weighted by Gasteiger charge is 2.62. The third kappa shape index (κ3) is 4.55. The van der Waals surface area contributed by atoms with E-state index in [0.29, 0.717) is 0 Å². The van der Waals surface area contributed by atoms with Crippen LogP contribution in [0, 0.1) is 11.8 Å². The second-order valence-corrected chi connectivity index (χ2v) is 4.36. The maximum atomic E-state index is 13.3. The van der Waals surface area contributed by atoms with Gasteiger partial charge in [0.05, 0.1) is 0 Å². The van der Waals surface area contributed by atoms with E-state index in [1.807, 2.05) is 0 Å². The van der Waals surface area contributed by atoms with Crippen molar-refractivity contribution in [2.24, 2.45) is 11.8 Å². The van der Waals surface area contributed by atoms with Gasteiger partial charge < -0.3 is 0 Å². The minimum atomic E-state index is -5.86. The molecule has 0 aliphatic rings. The predicted octanol–water partition coefficient (Wildman–Crippen LogP) is 5.21. The highest BCUT2D eigenvalue weighted by Crippen LogP contribution is 2.49. The Labute approximate surface area is 107 Å². The van der Waals surface area contributed by atoms with Gasteiger partial charge in [0.25, 0.3) is 0 Å². The Balaban J connectivity index is 5.50. The van der Waals surface area contributed by atoms with Crippen LogP contribution in [-0.2, 0) is 0 Å². The molecule has 0 aromatic heterocycles. The van der Waals surface area contributed by atoms with Crippen molar-refractivity contribution in [3.63, 3.8) is 0 Å². The van der Waals surface area contributed by atoms with Gasteiger partial charge in [0, 0.05) is 5.92 Å². The van der Waals surface area contributed by atoms with Crippen LogP contribution in [0.1, 0.15) is 13.3 Å². The smallest absolute Gasteiger partial charge is 0.234 e. The van der Waals surface area contributed by atoms with E-state index in [-0.39, 0.29) is 13.0 Å². The van der Waals surface area contributed by atoms with Crippen LogP contribution in [-0.4, -0.2) is 24.2 Å². The largest absolute Gasteiger partial charge is 0.422 e. The summed E-state index contributed by atoms with van der Waals surface area (Å²) in [5.41, 5.74) is -4.19. The average molecular weight is 320 g/mol. The number of halogens is 10. The van der Waals surface area contributed by atoms with Gasteiger partial charge in [-0.2, -0.15) is 39.5 Å². The first-order valence-corrected chi connectivity index (χ1v) is 5.05. The van der Waals surface area contributed by atoms with E-state index in [2.05, 4.69) is 6.58 Å². The molecule has 0 heterocycles. The molecule has 0 aliphatic heterocycles. The van der Waals surface area contributed by atoms with Crippen molar-refractivity contribution in [3.05, 3.63) is 12.7 Å². The molecule has 0 spiro atoms. The average Bonchev–Trinajstić information content (AvgIpc) is 2.09. The van der Waals surface area contributed by atoms with Crippen LogP contribution >= 0.6 is 0 Å². The van der Waals surface area contributed by atoms with Crippen molar-refractivity contribution >= 4 is 0 Å². The molecule has 20 heavy (non-hydrogen) atoms. The summed E-state index contributed by atoms with van der Waals surface area (Å²) in [5.74, 6) is -6.89. The molecule has 0 amide bonds. The lowest BCUT2D eigenvalue weighted by molar-refractivity contribution is -0.301. The van der Waals surface area contributed by atoms with Gasteiger partial charge in [-0.15, -0.1) is 6.58 Å². The molecule has 0 radical (unpaired) electrons. The molecule has 10 heteroatoms. The van der Waals surface area contributed by atoms with Gasteiger partial charge in [-0.3, -0.25) is 0 Å². The minimum absolute atomic E-state index is 0.0369. The Hall–Kier alpha value is -0.960. The van der Waals surface area contributed by atoms with Crippen molar-refractivity contribution in [2.45, 2.75) is 37.5 Å². The molecule has 2 atom stereocenters. The molecule has 120 valence electrons. The first-order chi connectivity index (χ1) is 8.54. The summed E-state index contributed by atoms with van der Waals surface area (Å²) in [6, 6.07) is 0. The lowest BCUT2D eigenvalue weighted by Crippen LogP contribution is -2.46. The zero-order valence-electron chi connectivity index (χ0n) is 9.93. The molecule has 0 fully saturated rings. The summed E-state index contributed by atoms with van der Waals surface area (Å²) in [7, 11) is 0. The van der Waals surface area contributed by atoms with Gasteiger partial charge in [0.15, 0.2) is 5.92 Å². The highest BCUT2D eigenvalue weighted by molar-refractivity contribution is 4.97. The second kappa shape index (κ2) is 5.44. The number of allylic oxidation sites excluding steroid dienone is 1. The van der Waals surface area contributed by atoms with Gasteiger partial charge in [0.1, 0.15) is 0 Å². The fraction of sp³-hybridized carbons (Fsp3) is 0.800. The fourth-order valence-corrected chi connectivity index (χ4v) is 1.57. The summed E-state index contributed by atoms with van der Waals surface area (Å²) in [5, 5.41) is 0. The van der Waals surface area contributed by atoms with Crippen LogP contribution in [0.5, 0.6) is 0 Å². The molecule has 0 aromatic rings. The quantitative estimate of drug-likeness (QED) is 0.493. The van der Waals surface area contributed by atoms with Crippen LogP contribution in [0.3, 0.4) is 0 Å². The van der Waals surface area contributed by atoms with Gasteiger partial charge >= 0.3 is 18.5 Å². The van der Waals surface area contributed by atoms with E-state index in [0.717, 1.165) is 0 Å². The van der Waals surface area contributed by atoms with Crippen molar-refractivity contribution in [1.29, 1.82) is 0 Å². The summed E-state index contributed by atoms with van der Waals surface area (Å²) in [6.07, 6.45) is -19.3. The third-order valence-electron chi connectivity index (χ3n) is 2.65. The standard InChI is InChI=1S/C10H10F10/c1-3-5(4-7(2,11)10(18,19)20)6(8(12,13)14)9(15,16)17/h3,5-6H,1,4H2,2H3. The van der Waals surface area contributed by atoms with Crippen LogP contribution in [0.15, 0.2) is 12.7 Å². The molecule has 0 rings (SSSR count). The Morgan fingerprint density at radius 1 is 0.850 bits per heavy atom. The first kappa shape index (κ1) is 19.0. The van der Waals surface area contributed by atoms with Crippen molar-refractivity contribution < 1.29 is 43.9 Å². The van der Waals surface area contributed by atoms with Gasteiger partial charge in [0.2, 0.25) is 5.67 Å². The molecule has 0 bridgehead atoms. The summed E-state index contributed by atoms with van der Waals surface area (Å²) < 4.78 is 124. The second-order valence-electron chi connectivity index (χ2n) is 4.36. The molecule has 2 unspecified atom stereocenters. The maximum Gasteiger partial charge on any atom is 0.422 e. The zero-order valence-corrected chi connectivity index (χ0v) is 9.93. The molecule has 0 nitrogen and oxygen atoms in total. The van der Waals surface area contributed by atoms with Crippen LogP contribution in [0.25, 0.3) is 0 Å². The van der Waals surface area contributed by atoms with E-state index in [1.54, 1.807) is 0 Å². The Morgan fingerprint density at radius 3 is 1.40 bits per heavy atom. The number of rotatable bonds is 4. The van der Waals surface area contributed by atoms with Crippen molar-refractivity contribution in [3.8, 4) is 0 Å². The molecular weight excluding hydrogens is 310 g/mol. The van der Waals surface area contributed by atoms with Crippen molar-refractivity contribution in [2.75, 3.05) is 0 Å². The highest BCUT2D eigenvalue weighted by atomic mass is 19.4. The summed E-state index contributed by atoms with van der Waals surface area (Å²) in [4.78, 5) is 0. The van der Waals surface area contributed by atoms with Gasteiger partial charge in [-0.1, -0.05) is 6.08 Å². The lowest BCUT2D eigenvalue weighted by atomic mass is 9.82. The molecule has 0 aliphatic carbocycles. The van der Waals surface area contributed by atoms with Crippen molar-refractivity contribution in [1.82, 2.24) is 0 Å².